The van der Waals surface area contributed by atoms with Crippen LogP contribution in [0.25, 0.3) is 0 Å². The molecule has 1 aromatic rings. The van der Waals surface area contributed by atoms with E-state index in [1.807, 2.05) is 0 Å². The molecule has 0 aromatic heterocycles. The molecule has 0 bridgehead atoms. The Bertz CT molecular complexity index is 354. The number of phenols is 1. The molecule has 76 valence electrons. The summed E-state index contributed by atoms with van der Waals surface area (Å²) in [6.07, 6.45) is 0. The van der Waals surface area contributed by atoms with Crippen molar-refractivity contribution < 1.29 is 19.0 Å². The van der Waals surface area contributed by atoms with Gasteiger partial charge in [-0.2, -0.15) is 0 Å². The van der Waals surface area contributed by atoms with Crippen LogP contribution < -0.4 is 5.73 Å². The lowest BCUT2D eigenvalue weighted by Gasteiger charge is -2.09. The van der Waals surface area contributed by atoms with Crippen molar-refractivity contribution in [2.24, 2.45) is 5.73 Å². The van der Waals surface area contributed by atoms with Gasteiger partial charge in [0.1, 0.15) is 6.04 Å². The molecule has 5 heteroatoms. The Hall–Kier alpha value is -1.62. The van der Waals surface area contributed by atoms with Crippen molar-refractivity contribution in [3.8, 4) is 5.75 Å². The highest BCUT2D eigenvalue weighted by molar-refractivity contribution is 5.77. The first-order valence-electron chi connectivity index (χ1n) is 3.88. The van der Waals surface area contributed by atoms with E-state index in [9.17, 15) is 9.18 Å². The molecule has 1 atom stereocenters. The summed E-state index contributed by atoms with van der Waals surface area (Å²) >= 11 is 0. The fourth-order valence-electron chi connectivity index (χ4n) is 0.980. The summed E-state index contributed by atoms with van der Waals surface area (Å²) in [4.78, 5) is 11.0. The molecule has 14 heavy (non-hydrogen) atoms. The Balaban J connectivity index is 2.96. The van der Waals surface area contributed by atoms with E-state index in [2.05, 4.69) is 4.74 Å². The zero-order valence-corrected chi connectivity index (χ0v) is 7.53. The smallest absolute Gasteiger partial charge is 0.327 e. The Morgan fingerprint density at radius 3 is 2.79 bits per heavy atom. The van der Waals surface area contributed by atoms with Gasteiger partial charge in [0, 0.05) is 0 Å². The zero-order valence-electron chi connectivity index (χ0n) is 7.53. The molecule has 0 unspecified atom stereocenters. The van der Waals surface area contributed by atoms with Crippen molar-refractivity contribution in [1.82, 2.24) is 0 Å². The van der Waals surface area contributed by atoms with Crippen molar-refractivity contribution in [2.75, 3.05) is 7.11 Å². The van der Waals surface area contributed by atoms with E-state index in [1.54, 1.807) is 0 Å². The van der Waals surface area contributed by atoms with Gasteiger partial charge in [0.15, 0.2) is 11.6 Å². The Morgan fingerprint density at radius 1 is 1.64 bits per heavy atom. The number of benzene rings is 1. The highest BCUT2D eigenvalue weighted by Gasteiger charge is 2.17. The molecular weight excluding hydrogens is 189 g/mol. The average molecular weight is 199 g/mol. The molecule has 4 nitrogen and oxygen atoms in total. The highest BCUT2D eigenvalue weighted by Crippen LogP contribution is 2.20. The number of aromatic hydroxyl groups is 1. The van der Waals surface area contributed by atoms with Crippen LogP contribution in [0.1, 0.15) is 11.6 Å². The van der Waals surface area contributed by atoms with Gasteiger partial charge in [-0.05, 0) is 17.7 Å². The number of halogens is 1. The van der Waals surface area contributed by atoms with Crippen LogP contribution in [-0.2, 0) is 9.53 Å². The second-order valence-corrected chi connectivity index (χ2v) is 2.71. The fraction of sp³-hybridized carbons (Fsp3) is 0.222. The number of methoxy groups -OCH3 is 1. The molecule has 1 aromatic carbocycles. The maximum atomic E-state index is 12.8. The number of carbonyl (C=O) groups excluding carboxylic acids is 1. The molecule has 1 rings (SSSR count). The van der Waals surface area contributed by atoms with E-state index in [1.165, 1.54) is 13.2 Å². The van der Waals surface area contributed by atoms with E-state index in [4.69, 9.17) is 10.8 Å². The topological polar surface area (TPSA) is 72.5 Å². The first-order chi connectivity index (χ1) is 6.56. The third-order valence-electron chi connectivity index (χ3n) is 1.79. The van der Waals surface area contributed by atoms with Gasteiger partial charge in [-0.15, -0.1) is 0 Å². The lowest BCUT2D eigenvalue weighted by Crippen LogP contribution is -2.22. The van der Waals surface area contributed by atoms with Gasteiger partial charge in [-0.3, -0.25) is 4.79 Å². The van der Waals surface area contributed by atoms with E-state index < -0.39 is 23.6 Å². The number of carbonyl (C=O) groups is 1. The number of esters is 1. The summed E-state index contributed by atoms with van der Waals surface area (Å²) in [7, 11) is 1.19. The van der Waals surface area contributed by atoms with Crippen LogP contribution in [0.2, 0.25) is 0 Å². The van der Waals surface area contributed by atoms with Gasteiger partial charge in [0.2, 0.25) is 0 Å². The monoisotopic (exact) mass is 199 g/mol. The molecule has 0 aliphatic rings. The van der Waals surface area contributed by atoms with Crippen LogP contribution in [0, 0.1) is 5.82 Å². The van der Waals surface area contributed by atoms with Gasteiger partial charge in [0.05, 0.1) is 7.11 Å². The molecule has 0 saturated heterocycles. The van der Waals surface area contributed by atoms with Crippen LogP contribution in [0.4, 0.5) is 4.39 Å². The lowest BCUT2D eigenvalue weighted by molar-refractivity contribution is -0.142. The molecule has 0 heterocycles. The summed E-state index contributed by atoms with van der Waals surface area (Å²) in [6, 6.07) is 2.46. The quantitative estimate of drug-likeness (QED) is 0.688. The van der Waals surface area contributed by atoms with Crippen LogP contribution in [0.3, 0.4) is 0 Å². The Morgan fingerprint density at radius 2 is 2.29 bits per heavy atom. The molecular formula is C9H10FNO3. The zero-order chi connectivity index (χ0) is 10.7. The van der Waals surface area contributed by atoms with Gasteiger partial charge in [-0.25, -0.2) is 4.39 Å². The van der Waals surface area contributed by atoms with Gasteiger partial charge < -0.3 is 15.6 Å². The summed E-state index contributed by atoms with van der Waals surface area (Å²) in [5.74, 6) is -1.96. The molecule has 3 N–H and O–H groups in total. The maximum absolute atomic E-state index is 12.8. The normalized spacial score (nSPS) is 12.2. The molecule has 0 aliphatic carbocycles. The first kappa shape index (κ1) is 10.5. The SMILES string of the molecule is COC(=O)[C@@H](N)c1ccc(O)c(F)c1. The van der Waals surface area contributed by atoms with Crippen molar-refractivity contribution in [3.63, 3.8) is 0 Å². The second kappa shape index (κ2) is 4.06. The number of hydrogen-bond acceptors (Lipinski definition) is 4. The Labute approximate surface area is 80.1 Å². The first-order valence-corrected chi connectivity index (χ1v) is 3.88. The highest BCUT2D eigenvalue weighted by atomic mass is 19.1. The summed E-state index contributed by atoms with van der Waals surface area (Å²) in [5, 5.41) is 8.89. The Kier molecular flexibility index (Phi) is 3.03. The fourth-order valence-corrected chi connectivity index (χ4v) is 0.980. The summed E-state index contributed by atoms with van der Waals surface area (Å²) in [6.45, 7) is 0. The second-order valence-electron chi connectivity index (χ2n) is 2.71. The standard InChI is InChI=1S/C9H10FNO3/c1-14-9(13)8(11)5-2-3-7(12)6(10)4-5/h2-4,8,12H,11H2,1H3/t8-/m0/s1. The van der Waals surface area contributed by atoms with Crippen LogP contribution in [-0.4, -0.2) is 18.2 Å². The van der Waals surface area contributed by atoms with E-state index in [-0.39, 0.29) is 5.56 Å². The number of ether oxygens (including phenoxy) is 1. The van der Waals surface area contributed by atoms with E-state index in [0.717, 1.165) is 12.1 Å². The maximum Gasteiger partial charge on any atom is 0.327 e. The minimum atomic E-state index is -1.03. The largest absolute Gasteiger partial charge is 0.505 e. The van der Waals surface area contributed by atoms with Gasteiger partial charge in [0.25, 0.3) is 0 Å². The molecule has 0 fully saturated rings. The summed E-state index contributed by atoms with van der Waals surface area (Å²) < 4.78 is 17.2. The van der Waals surface area contributed by atoms with Crippen LogP contribution >= 0.6 is 0 Å². The van der Waals surface area contributed by atoms with E-state index >= 15 is 0 Å². The van der Waals surface area contributed by atoms with Gasteiger partial charge in [-0.1, -0.05) is 6.07 Å². The van der Waals surface area contributed by atoms with Crippen LogP contribution in [0.5, 0.6) is 5.75 Å². The predicted octanol–water partition coefficient (Wildman–Crippen LogP) is 0.704. The number of hydrogen-bond donors (Lipinski definition) is 2. The number of nitrogens with two attached hydrogens (primary N) is 1. The molecule has 0 saturated carbocycles. The molecule has 0 spiro atoms. The summed E-state index contributed by atoms with van der Waals surface area (Å²) in [5.41, 5.74) is 5.70. The number of phenolic OH excluding ortho intramolecular Hbond substituents is 1. The van der Waals surface area contributed by atoms with E-state index in [0.29, 0.717) is 0 Å². The van der Waals surface area contributed by atoms with Gasteiger partial charge >= 0.3 is 5.97 Å². The lowest BCUT2D eigenvalue weighted by atomic mass is 10.1. The molecule has 0 radical (unpaired) electrons. The van der Waals surface area contributed by atoms with Crippen molar-refractivity contribution in [2.45, 2.75) is 6.04 Å². The van der Waals surface area contributed by atoms with Crippen molar-refractivity contribution in [3.05, 3.63) is 29.6 Å². The average Bonchev–Trinajstić information content (AvgIpc) is 2.20. The molecule has 0 aliphatic heterocycles. The van der Waals surface area contributed by atoms with Crippen molar-refractivity contribution >= 4 is 5.97 Å². The number of rotatable bonds is 2. The predicted molar refractivity (Wildman–Crippen MR) is 47.0 cm³/mol. The molecule has 0 amide bonds. The van der Waals surface area contributed by atoms with Crippen molar-refractivity contribution in [1.29, 1.82) is 0 Å². The third-order valence-corrected chi connectivity index (χ3v) is 1.79. The third kappa shape index (κ3) is 2.00. The minimum Gasteiger partial charge on any atom is -0.505 e. The van der Waals surface area contributed by atoms with Crippen LogP contribution in [0.15, 0.2) is 18.2 Å². The minimum absolute atomic E-state index is 0.257.